The van der Waals surface area contributed by atoms with Crippen molar-refractivity contribution < 1.29 is 13.9 Å². The first-order valence-electron chi connectivity index (χ1n) is 7.06. The molecule has 0 aliphatic carbocycles. The van der Waals surface area contributed by atoms with Gasteiger partial charge in [-0.3, -0.25) is 4.79 Å². The summed E-state index contributed by atoms with van der Waals surface area (Å²) < 4.78 is 11.7. The minimum absolute atomic E-state index is 0.197. The molecule has 0 fully saturated rings. The first kappa shape index (κ1) is 16.6. The van der Waals surface area contributed by atoms with Gasteiger partial charge in [-0.1, -0.05) is 6.92 Å². The lowest BCUT2D eigenvalue weighted by Gasteiger charge is -2.10. The lowest BCUT2D eigenvalue weighted by molar-refractivity contribution is -0.111. The second kappa shape index (κ2) is 8.03. The van der Waals surface area contributed by atoms with Crippen LogP contribution in [0.1, 0.15) is 24.7 Å². The summed E-state index contributed by atoms with van der Waals surface area (Å²) in [6, 6.07) is 9.29. The van der Waals surface area contributed by atoms with E-state index in [0.717, 1.165) is 27.2 Å². The van der Waals surface area contributed by atoms with E-state index in [0.29, 0.717) is 12.4 Å². The molecule has 116 valence electrons. The van der Waals surface area contributed by atoms with Crippen LogP contribution in [0.25, 0.3) is 6.08 Å². The van der Waals surface area contributed by atoms with Crippen molar-refractivity contribution in [2.45, 2.75) is 20.3 Å². The minimum atomic E-state index is -0.197. The number of carbonyl (C=O) groups is 1. The Morgan fingerprint density at radius 3 is 2.82 bits per heavy atom. The van der Waals surface area contributed by atoms with Gasteiger partial charge in [0.15, 0.2) is 3.77 Å². The highest BCUT2D eigenvalue weighted by atomic mass is 127. The fourth-order valence-electron chi connectivity index (χ4n) is 1.84. The quantitative estimate of drug-likeness (QED) is 0.557. The van der Waals surface area contributed by atoms with Crippen LogP contribution in [0.2, 0.25) is 0 Å². The molecule has 0 aliphatic heterocycles. The number of benzene rings is 1. The van der Waals surface area contributed by atoms with Crippen molar-refractivity contribution in [3.05, 3.63) is 51.5 Å². The van der Waals surface area contributed by atoms with E-state index in [1.165, 1.54) is 6.08 Å². The molecule has 2 rings (SSSR count). The fraction of sp³-hybridized carbons (Fsp3) is 0.235. The van der Waals surface area contributed by atoms with Gasteiger partial charge in [-0.2, -0.15) is 0 Å². The molecule has 1 aromatic carbocycles. The average Bonchev–Trinajstić information content (AvgIpc) is 2.91. The van der Waals surface area contributed by atoms with Gasteiger partial charge in [0.05, 0.1) is 6.61 Å². The molecule has 0 spiro atoms. The van der Waals surface area contributed by atoms with E-state index in [4.69, 9.17) is 9.15 Å². The number of anilines is 1. The summed E-state index contributed by atoms with van der Waals surface area (Å²) >= 11 is 2.08. The Balaban J connectivity index is 1.97. The molecule has 0 bridgehead atoms. The van der Waals surface area contributed by atoms with E-state index in [-0.39, 0.29) is 5.91 Å². The normalized spacial score (nSPS) is 10.9. The van der Waals surface area contributed by atoms with Crippen molar-refractivity contribution >= 4 is 40.3 Å². The molecule has 0 atom stereocenters. The van der Waals surface area contributed by atoms with Crippen LogP contribution in [0.15, 0.2) is 40.8 Å². The van der Waals surface area contributed by atoms with Gasteiger partial charge in [0.25, 0.3) is 0 Å². The first-order valence-corrected chi connectivity index (χ1v) is 8.14. The van der Waals surface area contributed by atoms with Crippen LogP contribution in [0.4, 0.5) is 5.69 Å². The Labute approximate surface area is 143 Å². The minimum Gasteiger partial charge on any atom is -0.494 e. The first-order chi connectivity index (χ1) is 10.6. The second-order valence-corrected chi connectivity index (χ2v) is 5.85. The Hall–Kier alpha value is -1.76. The number of furan rings is 1. The topological polar surface area (TPSA) is 51.5 Å². The Kier molecular flexibility index (Phi) is 6.06. The van der Waals surface area contributed by atoms with Gasteiger partial charge in [-0.25, -0.2) is 0 Å². The monoisotopic (exact) mass is 411 g/mol. The van der Waals surface area contributed by atoms with Crippen molar-refractivity contribution in [1.29, 1.82) is 0 Å². The number of hydrogen-bond donors (Lipinski definition) is 1. The van der Waals surface area contributed by atoms with Crippen molar-refractivity contribution in [1.82, 2.24) is 0 Å². The third-order valence-electron chi connectivity index (χ3n) is 2.92. The molecule has 22 heavy (non-hydrogen) atoms. The number of halogens is 1. The molecule has 0 radical (unpaired) electrons. The largest absolute Gasteiger partial charge is 0.494 e. The van der Waals surface area contributed by atoms with Crippen molar-refractivity contribution in [2.75, 3.05) is 11.9 Å². The molecule has 0 saturated heterocycles. The zero-order valence-electron chi connectivity index (χ0n) is 12.6. The molecular weight excluding hydrogens is 393 g/mol. The highest BCUT2D eigenvalue weighted by Crippen LogP contribution is 2.21. The zero-order chi connectivity index (χ0) is 15.9. The van der Waals surface area contributed by atoms with Crippen LogP contribution in [0.5, 0.6) is 5.75 Å². The number of nitrogens with one attached hydrogen (secondary N) is 1. The summed E-state index contributed by atoms with van der Waals surface area (Å²) in [5.74, 6) is 1.27. The molecule has 1 amide bonds. The van der Waals surface area contributed by atoms with Crippen LogP contribution in [-0.4, -0.2) is 12.5 Å². The van der Waals surface area contributed by atoms with E-state index in [1.807, 2.05) is 37.3 Å². The third kappa shape index (κ3) is 4.91. The fourth-order valence-corrected chi connectivity index (χ4v) is 2.27. The van der Waals surface area contributed by atoms with Crippen molar-refractivity contribution in [3.8, 4) is 5.75 Å². The third-order valence-corrected chi connectivity index (χ3v) is 3.50. The van der Waals surface area contributed by atoms with Gasteiger partial charge in [0.2, 0.25) is 5.91 Å². The van der Waals surface area contributed by atoms with Gasteiger partial charge in [0.1, 0.15) is 11.5 Å². The zero-order valence-corrected chi connectivity index (χ0v) is 14.7. The molecule has 1 heterocycles. The maximum atomic E-state index is 11.9. The molecule has 0 aliphatic rings. The number of hydrogen-bond acceptors (Lipinski definition) is 3. The molecule has 5 heteroatoms. The van der Waals surface area contributed by atoms with Crippen molar-refractivity contribution in [2.24, 2.45) is 0 Å². The number of rotatable bonds is 6. The summed E-state index contributed by atoms with van der Waals surface area (Å²) in [7, 11) is 0. The lowest BCUT2D eigenvalue weighted by Crippen LogP contribution is -2.09. The van der Waals surface area contributed by atoms with Crippen LogP contribution in [0, 0.1) is 10.7 Å². The molecule has 4 nitrogen and oxygen atoms in total. The van der Waals surface area contributed by atoms with E-state index in [1.54, 1.807) is 6.08 Å². The van der Waals surface area contributed by atoms with E-state index in [2.05, 4.69) is 34.8 Å². The lowest BCUT2D eigenvalue weighted by atomic mass is 10.2. The van der Waals surface area contributed by atoms with E-state index < -0.39 is 0 Å². The standard InChI is InChI=1S/C17H18INO3/c1-3-10-21-14-4-7-15(12(2)11-14)19-17(20)9-6-13-5-8-16(18)22-13/h4-9,11H,3,10H2,1-2H3,(H,19,20)/b9-6+. The molecule has 0 saturated carbocycles. The predicted octanol–water partition coefficient (Wildman–Crippen LogP) is 4.63. The van der Waals surface area contributed by atoms with Crippen LogP contribution in [0.3, 0.4) is 0 Å². The molecule has 0 unspecified atom stereocenters. The number of aryl methyl sites for hydroxylation is 1. The van der Waals surface area contributed by atoms with Gasteiger partial charge < -0.3 is 14.5 Å². The van der Waals surface area contributed by atoms with Crippen LogP contribution >= 0.6 is 22.6 Å². The van der Waals surface area contributed by atoms with Crippen LogP contribution in [-0.2, 0) is 4.79 Å². The predicted molar refractivity (Wildman–Crippen MR) is 96.1 cm³/mol. The molecule has 1 N–H and O–H groups in total. The Morgan fingerprint density at radius 2 is 2.18 bits per heavy atom. The van der Waals surface area contributed by atoms with Crippen molar-refractivity contribution in [3.63, 3.8) is 0 Å². The highest BCUT2D eigenvalue weighted by molar-refractivity contribution is 14.1. The van der Waals surface area contributed by atoms with E-state index >= 15 is 0 Å². The Bertz CT molecular complexity index is 676. The summed E-state index contributed by atoms with van der Waals surface area (Å²) in [5.41, 5.74) is 1.73. The van der Waals surface area contributed by atoms with Gasteiger partial charge in [-0.15, -0.1) is 0 Å². The van der Waals surface area contributed by atoms with Gasteiger partial charge in [0, 0.05) is 11.8 Å². The van der Waals surface area contributed by atoms with E-state index in [9.17, 15) is 4.79 Å². The maximum absolute atomic E-state index is 11.9. The SMILES string of the molecule is CCCOc1ccc(NC(=O)/C=C/c2ccc(I)o2)c(C)c1. The molecule has 2 aromatic rings. The summed E-state index contributed by atoms with van der Waals surface area (Å²) in [4.78, 5) is 11.9. The summed E-state index contributed by atoms with van der Waals surface area (Å²) in [5, 5.41) is 2.85. The average molecular weight is 411 g/mol. The maximum Gasteiger partial charge on any atom is 0.248 e. The van der Waals surface area contributed by atoms with Gasteiger partial charge >= 0.3 is 0 Å². The second-order valence-electron chi connectivity index (χ2n) is 4.79. The number of amides is 1. The molecule has 1 aromatic heterocycles. The number of carbonyl (C=O) groups excluding carboxylic acids is 1. The summed E-state index contributed by atoms with van der Waals surface area (Å²) in [6.07, 6.45) is 4.06. The number of ether oxygens (including phenoxy) is 1. The smallest absolute Gasteiger partial charge is 0.248 e. The van der Waals surface area contributed by atoms with Gasteiger partial charge in [-0.05, 0) is 77.9 Å². The highest BCUT2D eigenvalue weighted by Gasteiger charge is 2.04. The molecular formula is C17H18INO3. The van der Waals surface area contributed by atoms with Crippen LogP contribution < -0.4 is 10.1 Å². The Morgan fingerprint density at radius 1 is 1.36 bits per heavy atom. The summed E-state index contributed by atoms with van der Waals surface area (Å²) in [6.45, 7) is 4.69.